The number of methoxy groups -OCH3 is 1. The SMILES string of the molecule is COc1ccccc1CCN1CC[C@@]2(c3cccc(O)c3)CCC[C@@H]1C2.Cl. The number of phenolic OH excluding ortho intramolecular Hbond substituents is 1. The summed E-state index contributed by atoms with van der Waals surface area (Å²) in [7, 11) is 1.75. The quantitative estimate of drug-likeness (QED) is 0.787. The van der Waals surface area contributed by atoms with Crippen LogP contribution >= 0.6 is 12.4 Å². The highest BCUT2D eigenvalue weighted by atomic mass is 35.5. The van der Waals surface area contributed by atoms with Crippen molar-refractivity contribution in [3.05, 3.63) is 59.7 Å². The lowest BCUT2D eigenvalue weighted by Gasteiger charge is -2.51. The number of fused-ring (bicyclic) bond motifs is 2. The maximum absolute atomic E-state index is 9.93. The molecule has 0 amide bonds. The summed E-state index contributed by atoms with van der Waals surface area (Å²) >= 11 is 0. The monoisotopic (exact) mass is 387 g/mol. The Kier molecular flexibility index (Phi) is 6.33. The minimum absolute atomic E-state index is 0. The Morgan fingerprint density at radius 1 is 1.15 bits per heavy atom. The van der Waals surface area contributed by atoms with Gasteiger partial charge in [0, 0.05) is 12.6 Å². The van der Waals surface area contributed by atoms with E-state index in [-0.39, 0.29) is 17.8 Å². The molecule has 1 aliphatic carbocycles. The lowest BCUT2D eigenvalue weighted by atomic mass is 9.63. The molecule has 2 aromatic rings. The van der Waals surface area contributed by atoms with Crippen LogP contribution in [0.15, 0.2) is 48.5 Å². The van der Waals surface area contributed by atoms with Crippen molar-refractivity contribution in [2.75, 3.05) is 20.2 Å². The molecule has 27 heavy (non-hydrogen) atoms. The lowest BCUT2D eigenvalue weighted by Crippen LogP contribution is -2.52. The number of para-hydroxylation sites is 1. The van der Waals surface area contributed by atoms with Gasteiger partial charge in [0.2, 0.25) is 0 Å². The number of likely N-dealkylation sites (tertiary alicyclic amines) is 1. The molecule has 1 N–H and O–H groups in total. The van der Waals surface area contributed by atoms with Gasteiger partial charge in [0.15, 0.2) is 0 Å². The van der Waals surface area contributed by atoms with Crippen molar-refractivity contribution in [1.82, 2.24) is 4.90 Å². The van der Waals surface area contributed by atoms with Crippen LogP contribution in [0.4, 0.5) is 0 Å². The van der Waals surface area contributed by atoms with Crippen LogP contribution in [0.25, 0.3) is 0 Å². The maximum Gasteiger partial charge on any atom is 0.122 e. The number of halogens is 1. The molecule has 2 aliphatic rings. The largest absolute Gasteiger partial charge is 0.508 e. The molecule has 0 aromatic heterocycles. The molecule has 4 rings (SSSR count). The number of ether oxygens (including phenoxy) is 1. The second kappa shape index (κ2) is 8.53. The number of benzene rings is 2. The lowest BCUT2D eigenvalue weighted by molar-refractivity contribution is 0.0523. The molecular weight excluding hydrogens is 358 g/mol. The summed E-state index contributed by atoms with van der Waals surface area (Å²) in [6, 6.07) is 17.0. The Balaban J connectivity index is 0.00000210. The maximum atomic E-state index is 9.93. The summed E-state index contributed by atoms with van der Waals surface area (Å²) in [5.41, 5.74) is 2.91. The second-order valence-corrected chi connectivity index (χ2v) is 7.93. The third-order valence-electron chi connectivity index (χ3n) is 6.53. The average molecular weight is 388 g/mol. The van der Waals surface area contributed by atoms with Crippen molar-refractivity contribution >= 4 is 12.4 Å². The summed E-state index contributed by atoms with van der Waals surface area (Å²) in [5, 5.41) is 9.93. The second-order valence-electron chi connectivity index (χ2n) is 7.93. The van der Waals surface area contributed by atoms with Gasteiger partial charge in [-0.2, -0.15) is 0 Å². The molecule has 3 nitrogen and oxygen atoms in total. The van der Waals surface area contributed by atoms with Crippen molar-refractivity contribution < 1.29 is 9.84 Å². The fourth-order valence-corrected chi connectivity index (χ4v) is 5.12. The van der Waals surface area contributed by atoms with E-state index in [1.54, 1.807) is 13.2 Å². The van der Waals surface area contributed by atoms with Gasteiger partial charge in [-0.1, -0.05) is 36.8 Å². The van der Waals surface area contributed by atoms with E-state index in [2.05, 4.69) is 29.2 Å². The number of piperidine rings is 1. The number of aromatic hydroxyl groups is 1. The van der Waals surface area contributed by atoms with E-state index in [1.165, 1.54) is 43.2 Å². The van der Waals surface area contributed by atoms with Crippen molar-refractivity contribution in [2.24, 2.45) is 0 Å². The summed E-state index contributed by atoms with van der Waals surface area (Å²) in [5.74, 6) is 1.40. The number of hydrogen-bond donors (Lipinski definition) is 1. The standard InChI is InChI=1S/C23H29NO2.ClH/c1-26-22-10-3-2-6-18(22)11-14-24-15-13-23(12-5-8-20(24)17-23)19-7-4-9-21(25)16-19;/h2-4,6-7,9-10,16,20,25H,5,8,11-15,17H2,1H3;1H/t20-,23+;/m1./s1. The molecular formula is C23H30ClNO2. The van der Waals surface area contributed by atoms with E-state index in [0.717, 1.165) is 25.3 Å². The van der Waals surface area contributed by atoms with E-state index < -0.39 is 0 Å². The first-order valence-corrected chi connectivity index (χ1v) is 9.86. The molecule has 1 saturated carbocycles. The Bertz CT molecular complexity index is 766. The fraction of sp³-hybridized carbons (Fsp3) is 0.478. The first-order chi connectivity index (χ1) is 12.7. The molecule has 0 unspecified atom stereocenters. The molecule has 1 heterocycles. The summed E-state index contributed by atoms with van der Waals surface area (Å²) in [6.07, 6.45) is 7.30. The van der Waals surface area contributed by atoms with Crippen LogP contribution in [-0.4, -0.2) is 36.2 Å². The van der Waals surface area contributed by atoms with Gasteiger partial charge < -0.3 is 9.84 Å². The summed E-state index contributed by atoms with van der Waals surface area (Å²) in [6.45, 7) is 2.25. The minimum atomic E-state index is 0. The number of hydrogen-bond acceptors (Lipinski definition) is 3. The highest BCUT2D eigenvalue weighted by molar-refractivity contribution is 5.85. The molecule has 2 aromatic carbocycles. The van der Waals surface area contributed by atoms with Crippen LogP contribution in [0.2, 0.25) is 0 Å². The molecule has 2 atom stereocenters. The predicted octanol–water partition coefficient (Wildman–Crippen LogP) is 4.95. The number of nitrogens with zero attached hydrogens (tertiary/aromatic N) is 1. The predicted molar refractivity (Wildman–Crippen MR) is 112 cm³/mol. The fourth-order valence-electron chi connectivity index (χ4n) is 5.12. The first-order valence-electron chi connectivity index (χ1n) is 9.86. The number of rotatable bonds is 5. The molecule has 1 aliphatic heterocycles. The highest BCUT2D eigenvalue weighted by Gasteiger charge is 2.43. The third kappa shape index (κ3) is 4.09. The molecule has 0 radical (unpaired) electrons. The van der Waals surface area contributed by atoms with Crippen molar-refractivity contribution in [3.63, 3.8) is 0 Å². The van der Waals surface area contributed by atoms with Crippen LogP contribution in [0, 0.1) is 0 Å². The van der Waals surface area contributed by atoms with E-state index in [4.69, 9.17) is 4.74 Å². The third-order valence-corrected chi connectivity index (χ3v) is 6.53. The van der Waals surface area contributed by atoms with Gasteiger partial charge in [0.1, 0.15) is 11.5 Å². The minimum Gasteiger partial charge on any atom is -0.508 e. The molecule has 0 spiro atoms. The molecule has 2 bridgehead atoms. The topological polar surface area (TPSA) is 32.7 Å². The Morgan fingerprint density at radius 2 is 2.00 bits per heavy atom. The zero-order chi connectivity index (χ0) is 18.0. The van der Waals surface area contributed by atoms with Crippen LogP contribution in [0.5, 0.6) is 11.5 Å². The molecule has 146 valence electrons. The first kappa shape index (κ1) is 20.0. The van der Waals surface area contributed by atoms with Gasteiger partial charge in [-0.15, -0.1) is 12.4 Å². The van der Waals surface area contributed by atoms with Crippen LogP contribution in [0.3, 0.4) is 0 Å². The Morgan fingerprint density at radius 3 is 2.81 bits per heavy atom. The van der Waals surface area contributed by atoms with Gasteiger partial charge >= 0.3 is 0 Å². The van der Waals surface area contributed by atoms with Crippen LogP contribution in [0.1, 0.15) is 43.2 Å². The van der Waals surface area contributed by atoms with E-state index in [9.17, 15) is 5.11 Å². The number of phenols is 1. The Hall–Kier alpha value is -1.71. The van der Waals surface area contributed by atoms with Crippen molar-refractivity contribution in [3.8, 4) is 11.5 Å². The van der Waals surface area contributed by atoms with E-state index >= 15 is 0 Å². The van der Waals surface area contributed by atoms with Gasteiger partial charge in [-0.25, -0.2) is 0 Å². The van der Waals surface area contributed by atoms with Crippen LogP contribution in [-0.2, 0) is 11.8 Å². The summed E-state index contributed by atoms with van der Waals surface area (Å²) in [4.78, 5) is 2.69. The van der Waals surface area contributed by atoms with Crippen molar-refractivity contribution in [2.45, 2.75) is 50.0 Å². The van der Waals surface area contributed by atoms with E-state index in [0.29, 0.717) is 11.8 Å². The summed E-state index contributed by atoms with van der Waals surface area (Å²) < 4.78 is 5.51. The van der Waals surface area contributed by atoms with E-state index in [1.807, 2.05) is 18.2 Å². The van der Waals surface area contributed by atoms with Crippen molar-refractivity contribution in [1.29, 1.82) is 0 Å². The van der Waals surface area contributed by atoms with Gasteiger partial charge in [-0.05, 0) is 73.4 Å². The zero-order valence-corrected chi connectivity index (χ0v) is 16.9. The molecule has 2 fully saturated rings. The normalized spacial score (nSPS) is 24.9. The smallest absolute Gasteiger partial charge is 0.122 e. The average Bonchev–Trinajstić information content (AvgIpc) is 2.68. The van der Waals surface area contributed by atoms with Gasteiger partial charge in [0.05, 0.1) is 7.11 Å². The molecule has 1 saturated heterocycles. The Labute approximate surface area is 168 Å². The zero-order valence-electron chi connectivity index (χ0n) is 16.1. The van der Waals surface area contributed by atoms with Gasteiger partial charge in [-0.3, -0.25) is 4.90 Å². The van der Waals surface area contributed by atoms with Gasteiger partial charge in [0.25, 0.3) is 0 Å². The van der Waals surface area contributed by atoms with Crippen LogP contribution < -0.4 is 4.74 Å². The molecule has 4 heteroatoms. The highest BCUT2D eigenvalue weighted by Crippen LogP contribution is 2.47.